The molecule has 252 valence electrons. The normalized spacial score (nSPS) is 11.5. The molecule has 0 amide bonds. The number of anilines is 3. The van der Waals surface area contributed by atoms with Gasteiger partial charge >= 0.3 is 0 Å². The molecular formula is C50H42N2. The lowest BCUT2D eigenvalue weighted by molar-refractivity contribution is 0.591. The number of benzene rings is 7. The van der Waals surface area contributed by atoms with E-state index in [-0.39, 0.29) is 5.41 Å². The average Bonchev–Trinajstić information content (AvgIpc) is 3.51. The fourth-order valence-corrected chi connectivity index (χ4v) is 7.21. The first-order valence-corrected chi connectivity index (χ1v) is 17.9. The number of nitrogens with zero attached hydrogens (tertiary/aromatic N) is 2. The van der Waals surface area contributed by atoms with Crippen molar-refractivity contribution < 1.29 is 0 Å². The van der Waals surface area contributed by atoms with Gasteiger partial charge in [-0.15, -0.1) is 0 Å². The van der Waals surface area contributed by atoms with Crippen LogP contribution in [0.15, 0.2) is 189 Å². The van der Waals surface area contributed by atoms with Gasteiger partial charge in [0.05, 0.1) is 11.0 Å². The van der Waals surface area contributed by atoms with E-state index in [1.165, 1.54) is 44.1 Å². The Morgan fingerprint density at radius 2 is 1.04 bits per heavy atom. The van der Waals surface area contributed by atoms with Gasteiger partial charge in [0.2, 0.25) is 0 Å². The smallest absolute Gasteiger partial charge is 0.0541 e. The molecule has 0 saturated heterocycles. The molecule has 0 N–H and O–H groups in total. The Morgan fingerprint density at radius 3 is 1.67 bits per heavy atom. The Bertz CT molecular complexity index is 2580. The van der Waals surface area contributed by atoms with E-state index >= 15 is 0 Å². The molecule has 2 nitrogen and oxygen atoms in total. The van der Waals surface area contributed by atoms with E-state index in [0.717, 1.165) is 39.4 Å². The van der Waals surface area contributed by atoms with Gasteiger partial charge in [-0.2, -0.15) is 0 Å². The number of allylic oxidation sites excluding steroid dienone is 2. The molecule has 1 aromatic heterocycles. The molecule has 8 aromatic rings. The van der Waals surface area contributed by atoms with Crippen LogP contribution in [0.5, 0.6) is 0 Å². The zero-order valence-electron chi connectivity index (χ0n) is 30.1. The van der Waals surface area contributed by atoms with Crippen molar-refractivity contribution in [2.75, 3.05) is 4.90 Å². The molecule has 0 unspecified atom stereocenters. The van der Waals surface area contributed by atoms with Gasteiger partial charge in [-0.3, -0.25) is 0 Å². The van der Waals surface area contributed by atoms with Crippen molar-refractivity contribution in [1.29, 1.82) is 0 Å². The molecule has 0 spiro atoms. The Morgan fingerprint density at radius 1 is 0.519 bits per heavy atom. The second kappa shape index (κ2) is 13.4. The molecule has 0 aliphatic rings. The van der Waals surface area contributed by atoms with E-state index in [0.29, 0.717) is 0 Å². The molecule has 0 fully saturated rings. The van der Waals surface area contributed by atoms with Gasteiger partial charge in [0, 0.05) is 33.5 Å². The highest BCUT2D eigenvalue weighted by Gasteiger charge is 2.20. The van der Waals surface area contributed by atoms with Gasteiger partial charge < -0.3 is 9.47 Å². The van der Waals surface area contributed by atoms with Crippen molar-refractivity contribution in [3.8, 4) is 27.9 Å². The van der Waals surface area contributed by atoms with Crippen molar-refractivity contribution in [2.45, 2.75) is 26.2 Å². The van der Waals surface area contributed by atoms with Crippen LogP contribution in [0.2, 0.25) is 0 Å². The Labute approximate surface area is 307 Å². The molecule has 0 aliphatic heterocycles. The second-order valence-corrected chi connectivity index (χ2v) is 14.5. The van der Waals surface area contributed by atoms with Crippen LogP contribution in [-0.2, 0) is 5.41 Å². The van der Waals surface area contributed by atoms with E-state index in [9.17, 15) is 0 Å². The SMILES string of the molecule is C=CC(=C)c1cccc(N(c2cccc(-c3ccccc3)c2)c2cccc(-c3ccc4c(c3)c3cc(C(C)(C)C)ccc3n4-c3ccccc3)c2)c1. The maximum absolute atomic E-state index is 4.24. The van der Waals surface area contributed by atoms with Crippen LogP contribution in [0, 0.1) is 0 Å². The van der Waals surface area contributed by atoms with E-state index < -0.39 is 0 Å². The van der Waals surface area contributed by atoms with Crippen molar-refractivity contribution in [3.05, 3.63) is 200 Å². The summed E-state index contributed by atoms with van der Waals surface area (Å²) in [5.74, 6) is 0. The second-order valence-electron chi connectivity index (χ2n) is 14.5. The summed E-state index contributed by atoms with van der Waals surface area (Å²) in [5.41, 5.74) is 14.8. The average molecular weight is 671 g/mol. The van der Waals surface area contributed by atoms with Gasteiger partial charge in [0.15, 0.2) is 0 Å². The number of hydrogen-bond acceptors (Lipinski definition) is 1. The molecule has 52 heavy (non-hydrogen) atoms. The van der Waals surface area contributed by atoms with Crippen LogP contribution in [-0.4, -0.2) is 4.57 Å². The molecule has 0 bridgehead atoms. The molecule has 1 heterocycles. The molecule has 0 atom stereocenters. The fraction of sp³-hybridized carbons (Fsp3) is 0.0800. The maximum atomic E-state index is 4.24. The molecule has 2 heteroatoms. The van der Waals surface area contributed by atoms with E-state index in [4.69, 9.17) is 0 Å². The van der Waals surface area contributed by atoms with Crippen LogP contribution >= 0.6 is 0 Å². The molecule has 0 radical (unpaired) electrons. The summed E-state index contributed by atoms with van der Waals surface area (Å²) in [4.78, 5) is 2.34. The number of hydrogen-bond donors (Lipinski definition) is 0. The lowest BCUT2D eigenvalue weighted by Gasteiger charge is -2.27. The third-order valence-electron chi connectivity index (χ3n) is 10.0. The highest BCUT2D eigenvalue weighted by molar-refractivity contribution is 6.11. The lowest BCUT2D eigenvalue weighted by atomic mass is 9.86. The van der Waals surface area contributed by atoms with Crippen LogP contribution in [0.1, 0.15) is 31.9 Å². The van der Waals surface area contributed by atoms with Gasteiger partial charge in [0.25, 0.3) is 0 Å². The van der Waals surface area contributed by atoms with Gasteiger partial charge in [-0.25, -0.2) is 0 Å². The zero-order valence-corrected chi connectivity index (χ0v) is 30.1. The van der Waals surface area contributed by atoms with E-state index in [1.54, 1.807) is 0 Å². The highest BCUT2D eigenvalue weighted by Crippen LogP contribution is 2.41. The van der Waals surface area contributed by atoms with Crippen molar-refractivity contribution in [2.24, 2.45) is 0 Å². The summed E-state index contributed by atoms with van der Waals surface area (Å²) in [6, 6.07) is 61.3. The summed E-state index contributed by atoms with van der Waals surface area (Å²) in [7, 11) is 0. The standard InChI is InChI=1S/C50H42N2/c1-6-35(2)37-18-13-23-43(30-37)51(44-24-14-19-38(31-44)36-16-9-7-10-17-36)45-25-15-20-39(32-45)40-26-28-48-46(33-40)47-34-41(50(3,4)5)27-29-49(47)52(48)42-21-11-8-12-22-42/h6-34H,1-2H2,3-5H3. The minimum Gasteiger partial charge on any atom is -0.310 e. The van der Waals surface area contributed by atoms with Gasteiger partial charge in [0.1, 0.15) is 0 Å². The van der Waals surface area contributed by atoms with E-state index in [2.05, 4.69) is 213 Å². The van der Waals surface area contributed by atoms with Crippen LogP contribution < -0.4 is 4.90 Å². The van der Waals surface area contributed by atoms with Crippen LogP contribution in [0.4, 0.5) is 17.1 Å². The largest absolute Gasteiger partial charge is 0.310 e. The monoisotopic (exact) mass is 670 g/mol. The number of para-hydroxylation sites is 1. The van der Waals surface area contributed by atoms with Crippen molar-refractivity contribution in [3.63, 3.8) is 0 Å². The Kier molecular flexibility index (Phi) is 8.45. The molecular weight excluding hydrogens is 629 g/mol. The van der Waals surface area contributed by atoms with Crippen molar-refractivity contribution in [1.82, 2.24) is 4.57 Å². The predicted molar refractivity (Wildman–Crippen MR) is 224 cm³/mol. The zero-order chi connectivity index (χ0) is 35.8. The van der Waals surface area contributed by atoms with Gasteiger partial charge in [-0.1, -0.05) is 137 Å². The van der Waals surface area contributed by atoms with Crippen LogP contribution in [0.25, 0.3) is 55.3 Å². The van der Waals surface area contributed by atoms with Crippen LogP contribution in [0.3, 0.4) is 0 Å². The first-order valence-electron chi connectivity index (χ1n) is 17.9. The quantitative estimate of drug-likeness (QED) is 0.146. The van der Waals surface area contributed by atoms with Gasteiger partial charge in [-0.05, 0) is 117 Å². The summed E-state index contributed by atoms with van der Waals surface area (Å²) in [6.07, 6.45) is 1.81. The topological polar surface area (TPSA) is 8.17 Å². The fourth-order valence-electron chi connectivity index (χ4n) is 7.21. The number of fused-ring (bicyclic) bond motifs is 3. The minimum absolute atomic E-state index is 0.0396. The summed E-state index contributed by atoms with van der Waals surface area (Å²) < 4.78 is 2.39. The van der Waals surface area contributed by atoms with E-state index in [1.807, 2.05) is 6.08 Å². The molecule has 8 rings (SSSR count). The van der Waals surface area contributed by atoms with Crippen molar-refractivity contribution >= 4 is 44.4 Å². The minimum atomic E-state index is 0.0396. The molecule has 7 aromatic carbocycles. The molecule has 0 saturated carbocycles. The first kappa shape index (κ1) is 32.8. The number of aromatic nitrogens is 1. The highest BCUT2D eigenvalue weighted by atomic mass is 15.1. The summed E-state index contributed by atoms with van der Waals surface area (Å²) in [6.45, 7) is 15.1. The Balaban J connectivity index is 1.30. The maximum Gasteiger partial charge on any atom is 0.0541 e. The summed E-state index contributed by atoms with van der Waals surface area (Å²) >= 11 is 0. The Hall–Kier alpha value is -6.38. The lowest BCUT2D eigenvalue weighted by Crippen LogP contribution is -2.10. The third kappa shape index (κ3) is 6.14. The predicted octanol–water partition coefficient (Wildman–Crippen LogP) is 14.1. The third-order valence-corrected chi connectivity index (χ3v) is 10.0. The summed E-state index contributed by atoms with van der Waals surface area (Å²) in [5, 5.41) is 2.51. The first-order chi connectivity index (χ1) is 25.3. The number of rotatable bonds is 8. The molecule has 0 aliphatic carbocycles.